The van der Waals surface area contributed by atoms with Crippen molar-refractivity contribution in [3.05, 3.63) is 29.8 Å². The van der Waals surface area contributed by atoms with E-state index in [0.29, 0.717) is 19.4 Å². The molecule has 0 unspecified atom stereocenters. The molecule has 0 aliphatic rings. The molecule has 0 aromatic heterocycles. The number of ketones is 1. The van der Waals surface area contributed by atoms with Crippen LogP contribution in [0.5, 0.6) is 5.75 Å². The Balaban J connectivity index is 2.48. The molecule has 0 N–H and O–H groups in total. The molecule has 3 heteroatoms. The summed E-state index contributed by atoms with van der Waals surface area (Å²) in [5, 5.41) is 0. The standard InChI is InChI=1S/C12H14O3/c1-10(14)9-11-3-5-12(6-4-11)15-8-2-7-13/h3-7H,2,8-9H2,1H3. The molecule has 0 spiro atoms. The maximum absolute atomic E-state index is 10.8. The van der Waals surface area contributed by atoms with Crippen molar-refractivity contribution < 1.29 is 14.3 Å². The minimum absolute atomic E-state index is 0.143. The fourth-order valence-corrected chi connectivity index (χ4v) is 1.22. The zero-order valence-corrected chi connectivity index (χ0v) is 8.73. The Kier molecular flexibility index (Phi) is 4.54. The van der Waals surface area contributed by atoms with Crippen LogP contribution in [0.4, 0.5) is 0 Å². The van der Waals surface area contributed by atoms with E-state index in [1.54, 1.807) is 6.92 Å². The molecular weight excluding hydrogens is 192 g/mol. The third-order valence-electron chi connectivity index (χ3n) is 1.88. The number of hydrogen-bond donors (Lipinski definition) is 0. The Morgan fingerprint density at radius 3 is 2.53 bits per heavy atom. The molecule has 0 atom stereocenters. The lowest BCUT2D eigenvalue weighted by Gasteiger charge is -2.04. The van der Waals surface area contributed by atoms with Gasteiger partial charge >= 0.3 is 0 Å². The van der Waals surface area contributed by atoms with Gasteiger partial charge in [0.15, 0.2) is 0 Å². The quantitative estimate of drug-likeness (QED) is 0.526. The second-order valence-electron chi connectivity index (χ2n) is 3.33. The topological polar surface area (TPSA) is 43.4 Å². The third-order valence-corrected chi connectivity index (χ3v) is 1.88. The van der Waals surface area contributed by atoms with Crippen molar-refractivity contribution in [2.24, 2.45) is 0 Å². The van der Waals surface area contributed by atoms with Gasteiger partial charge in [0, 0.05) is 12.8 Å². The highest BCUT2D eigenvalue weighted by Crippen LogP contribution is 2.12. The van der Waals surface area contributed by atoms with Gasteiger partial charge in [-0.1, -0.05) is 12.1 Å². The number of benzene rings is 1. The Bertz CT molecular complexity index is 327. The zero-order valence-electron chi connectivity index (χ0n) is 8.73. The van der Waals surface area contributed by atoms with Crippen molar-refractivity contribution in [1.82, 2.24) is 0 Å². The Hall–Kier alpha value is -1.64. The summed E-state index contributed by atoms with van der Waals surface area (Å²) in [6.45, 7) is 1.96. The second kappa shape index (κ2) is 5.96. The first kappa shape index (κ1) is 11.4. The average molecular weight is 206 g/mol. The molecule has 0 heterocycles. The molecule has 0 amide bonds. The van der Waals surface area contributed by atoms with Crippen LogP contribution in [0.15, 0.2) is 24.3 Å². The highest BCUT2D eigenvalue weighted by Gasteiger charge is 1.98. The summed E-state index contributed by atoms with van der Waals surface area (Å²) in [7, 11) is 0. The molecule has 3 nitrogen and oxygen atoms in total. The number of carbonyl (C=O) groups excluding carboxylic acids is 2. The number of hydrogen-bond acceptors (Lipinski definition) is 3. The Morgan fingerprint density at radius 2 is 2.00 bits per heavy atom. The lowest BCUT2D eigenvalue weighted by Crippen LogP contribution is -1.99. The van der Waals surface area contributed by atoms with Gasteiger partial charge in [-0.25, -0.2) is 0 Å². The fraction of sp³-hybridized carbons (Fsp3) is 0.333. The molecule has 0 saturated carbocycles. The van der Waals surface area contributed by atoms with Crippen LogP contribution in [0.3, 0.4) is 0 Å². The van der Waals surface area contributed by atoms with Gasteiger partial charge < -0.3 is 9.53 Å². The van der Waals surface area contributed by atoms with E-state index in [9.17, 15) is 9.59 Å². The molecule has 0 aliphatic carbocycles. The molecule has 15 heavy (non-hydrogen) atoms. The van der Waals surface area contributed by atoms with Crippen LogP contribution in [0.25, 0.3) is 0 Å². The number of Topliss-reactive ketones (excluding diaryl/α,β-unsaturated/α-hetero) is 1. The summed E-state index contributed by atoms with van der Waals surface area (Å²) in [5.74, 6) is 0.869. The molecule has 1 aromatic rings. The number of ether oxygens (including phenoxy) is 1. The van der Waals surface area contributed by atoms with Crippen molar-refractivity contribution in [2.75, 3.05) is 6.61 Å². The third kappa shape index (κ3) is 4.40. The van der Waals surface area contributed by atoms with Crippen LogP contribution < -0.4 is 4.74 Å². The fourth-order valence-electron chi connectivity index (χ4n) is 1.22. The Labute approximate surface area is 89.1 Å². The monoisotopic (exact) mass is 206 g/mol. The van der Waals surface area contributed by atoms with E-state index < -0.39 is 0 Å². The number of aldehydes is 1. The van der Waals surface area contributed by atoms with Crippen LogP contribution in [-0.2, 0) is 16.0 Å². The Morgan fingerprint density at radius 1 is 1.33 bits per heavy atom. The maximum Gasteiger partial charge on any atom is 0.134 e. The molecule has 0 saturated heterocycles. The van der Waals surface area contributed by atoms with Crippen molar-refractivity contribution in [3.63, 3.8) is 0 Å². The zero-order chi connectivity index (χ0) is 11.1. The average Bonchev–Trinajstić information content (AvgIpc) is 2.20. The van der Waals surface area contributed by atoms with Gasteiger partial charge in [0.2, 0.25) is 0 Å². The van der Waals surface area contributed by atoms with E-state index in [4.69, 9.17) is 4.74 Å². The number of rotatable bonds is 6. The summed E-state index contributed by atoms with van der Waals surface area (Å²) in [6.07, 6.45) is 1.67. The van der Waals surface area contributed by atoms with E-state index >= 15 is 0 Å². The molecule has 1 aromatic carbocycles. The predicted octanol–water partition coefficient (Wildman–Crippen LogP) is 1.79. The van der Waals surface area contributed by atoms with Crippen molar-refractivity contribution in [3.8, 4) is 5.75 Å². The maximum atomic E-state index is 10.8. The van der Waals surface area contributed by atoms with Crippen LogP contribution in [0.2, 0.25) is 0 Å². The van der Waals surface area contributed by atoms with Crippen LogP contribution in [0.1, 0.15) is 18.9 Å². The molecule has 0 bridgehead atoms. The van der Waals surface area contributed by atoms with E-state index in [0.717, 1.165) is 17.6 Å². The van der Waals surface area contributed by atoms with Gasteiger partial charge in [-0.05, 0) is 24.6 Å². The normalized spacial score (nSPS) is 9.67. The molecule has 80 valence electrons. The van der Waals surface area contributed by atoms with Gasteiger partial charge in [0.1, 0.15) is 17.8 Å². The predicted molar refractivity (Wildman–Crippen MR) is 57.0 cm³/mol. The van der Waals surface area contributed by atoms with E-state index in [-0.39, 0.29) is 5.78 Å². The summed E-state index contributed by atoms with van der Waals surface area (Å²) < 4.78 is 5.29. The molecule has 0 fully saturated rings. The minimum atomic E-state index is 0.143. The van der Waals surface area contributed by atoms with Crippen LogP contribution >= 0.6 is 0 Å². The summed E-state index contributed by atoms with van der Waals surface area (Å²) in [6, 6.07) is 7.33. The highest BCUT2D eigenvalue weighted by atomic mass is 16.5. The van der Waals surface area contributed by atoms with Gasteiger partial charge in [0.05, 0.1) is 6.61 Å². The summed E-state index contributed by atoms with van der Waals surface area (Å²) in [4.78, 5) is 20.9. The van der Waals surface area contributed by atoms with Crippen molar-refractivity contribution >= 4 is 12.1 Å². The van der Waals surface area contributed by atoms with Gasteiger partial charge in [-0.3, -0.25) is 4.79 Å². The highest BCUT2D eigenvalue weighted by molar-refractivity contribution is 5.78. The van der Waals surface area contributed by atoms with Crippen molar-refractivity contribution in [1.29, 1.82) is 0 Å². The lowest BCUT2D eigenvalue weighted by molar-refractivity contribution is -0.116. The first-order valence-corrected chi connectivity index (χ1v) is 4.87. The minimum Gasteiger partial charge on any atom is -0.493 e. The second-order valence-corrected chi connectivity index (χ2v) is 3.33. The smallest absolute Gasteiger partial charge is 0.134 e. The first-order chi connectivity index (χ1) is 7.22. The SMILES string of the molecule is CC(=O)Cc1ccc(OCCC=O)cc1. The summed E-state index contributed by atoms with van der Waals surface area (Å²) in [5.41, 5.74) is 0.977. The van der Waals surface area contributed by atoms with E-state index in [1.165, 1.54) is 0 Å². The van der Waals surface area contributed by atoms with Gasteiger partial charge in [-0.15, -0.1) is 0 Å². The molecule has 0 radical (unpaired) electrons. The van der Waals surface area contributed by atoms with Crippen LogP contribution in [-0.4, -0.2) is 18.7 Å². The van der Waals surface area contributed by atoms with Gasteiger partial charge in [0.25, 0.3) is 0 Å². The van der Waals surface area contributed by atoms with Gasteiger partial charge in [-0.2, -0.15) is 0 Å². The van der Waals surface area contributed by atoms with E-state index in [2.05, 4.69) is 0 Å². The first-order valence-electron chi connectivity index (χ1n) is 4.87. The summed E-state index contributed by atoms with van der Waals surface area (Å²) >= 11 is 0. The number of carbonyl (C=O) groups is 2. The molecular formula is C12H14O3. The molecule has 1 rings (SSSR count). The van der Waals surface area contributed by atoms with Crippen LogP contribution in [0, 0.1) is 0 Å². The van der Waals surface area contributed by atoms with E-state index in [1.807, 2.05) is 24.3 Å². The molecule has 0 aliphatic heterocycles. The van der Waals surface area contributed by atoms with Crippen molar-refractivity contribution in [2.45, 2.75) is 19.8 Å². The lowest BCUT2D eigenvalue weighted by atomic mass is 10.1. The largest absolute Gasteiger partial charge is 0.493 e.